The number of hydrogen-bond acceptors (Lipinski definition) is 4. The summed E-state index contributed by atoms with van der Waals surface area (Å²) in [6.45, 7) is 0.907. The minimum atomic E-state index is -0.201. The molecule has 0 saturated heterocycles. The summed E-state index contributed by atoms with van der Waals surface area (Å²) in [5.74, 6) is 0.562. The Hall–Kier alpha value is -2.01. The van der Waals surface area contributed by atoms with Crippen molar-refractivity contribution < 1.29 is 13.9 Å². The number of halogens is 2. The summed E-state index contributed by atoms with van der Waals surface area (Å²) < 4.78 is 26.6. The number of hydrogen-bond donors (Lipinski definition) is 0. The van der Waals surface area contributed by atoms with Crippen molar-refractivity contribution in [2.24, 2.45) is 0 Å². The zero-order valence-electron chi connectivity index (χ0n) is 13.8. The third-order valence-electron chi connectivity index (χ3n) is 4.65. The van der Waals surface area contributed by atoms with Crippen LogP contribution in [0.3, 0.4) is 0 Å². The molecule has 0 radical (unpaired) electrons. The highest BCUT2D eigenvalue weighted by molar-refractivity contribution is 9.10. The number of nitrogens with zero attached hydrogens (tertiary/aromatic N) is 2. The molecule has 0 amide bonds. The van der Waals surface area contributed by atoms with E-state index in [2.05, 4.69) is 25.8 Å². The van der Waals surface area contributed by atoms with Gasteiger partial charge in [0.05, 0.1) is 31.5 Å². The molecule has 0 bridgehead atoms. The van der Waals surface area contributed by atoms with Gasteiger partial charge in [-0.25, -0.2) is 4.39 Å². The van der Waals surface area contributed by atoms with Crippen LogP contribution in [0.2, 0.25) is 0 Å². The summed E-state index contributed by atoms with van der Waals surface area (Å²) in [6, 6.07) is 9.32. The van der Waals surface area contributed by atoms with Gasteiger partial charge in [-0.1, -0.05) is 15.9 Å². The normalized spacial score (nSPS) is 15.8. The molecule has 2 aliphatic rings. The Bertz CT molecular complexity index is 1100. The second-order valence-electron chi connectivity index (χ2n) is 6.17. The van der Waals surface area contributed by atoms with Crippen LogP contribution in [-0.4, -0.2) is 17.7 Å². The Kier molecular flexibility index (Phi) is 3.74. The number of aromatic nitrogens is 1. The second kappa shape index (κ2) is 6.02. The number of rotatable bonds is 1. The van der Waals surface area contributed by atoms with Gasteiger partial charge in [0.2, 0.25) is 0 Å². The van der Waals surface area contributed by atoms with Crippen molar-refractivity contribution in [3.8, 4) is 5.75 Å². The largest absolute Gasteiger partial charge is 0.497 e. The van der Waals surface area contributed by atoms with Gasteiger partial charge in [-0.3, -0.25) is 4.98 Å². The quantitative estimate of drug-likeness (QED) is 0.537. The van der Waals surface area contributed by atoms with Gasteiger partial charge in [0.1, 0.15) is 11.6 Å². The lowest BCUT2D eigenvalue weighted by Crippen LogP contribution is -2.40. The summed E-state index contributed by atoms with van der Waals surface area (Å²) in [5.41, 5.74) is 4.42. The molecule has 130 valence electrons. The molecule has 5 rings (SSSR count). The van der Waals surface area contributed by atoms with Crippen molar-refractivity contribution in [1.29, 1.82) is 0 Å². The van der Waals surface area contributed by atoms with E-state index in [1.807, 2.05) is 30.5 Å². The highest BCUT2D eigenvalue weighted by Crippen LogP contribution is 2.39. The first-order valence-corrected chi connectivity index (χ1v) is 9.75. The molecule has 2 aromatic carbocycles. The van der Waals surface area contributed by atoms with Crippen molar-refractivity contribution >= 4 is 51.6 Å². The molecule has 3 aromatic rings. The van der Waals surface area contributed by atoms with Gasteiger partial charge in [0.25, 0.3) is 0 Å². The monoisotopic (exact) mass is 430 g/mol. The van der Waals surface area contributed by atoms with Crippen molar-refractivity contribution in [3.63, 3.8) is 0 Å². The minimum Gasteiger partial charge on any atom is -0.497 e. The molecule has 1 aromatic heterocycles. The van der Waals surface area contributed by atoms with Crippen LogP contribution in [0.5, 0.6) is 5.75 Å². The molecule has 0 aliphatic carbocycles. The van der Waals surface area contributed by atoms with Crippen LogP contribution < -0.4 is 14.9 Å². The van der Waals surface area contributed by atoms with Crippen LogP contribution >= 0.6 is 24.1 Å². The van der Waals surface area contributed by atoms with Gasteiger partial charge >= 0.3 is 0 Å². The van der Waals surface area contributed by atoms with E-state index in [0.29, 0.717) is 18.7 Å². The molecule has 0 unspecified atom stereocenters. The summed E-state index contributed by atoms with van der Waals surface area (Å²) in [7, 11) is 2.51. The van der Waals surface area contributed by atoms with Crippen LogP contribution in [0.25, 0.3) is 10.9 Å². The number of methoxy groups -OCH3 is 1. The van der Waals surface area contributed by atoms with Gasteiger partial charge in [-0.15, -0.1) is 0 Å². The summed E-state index contributed by atoms with van der Waals surface area (Å²) >= 11 is 3.37. The van der Waals surface area contributed by atoms with Crippen molar-refractivity contribution in [2.45, 2.75) is 13.2 Å². The lowest BCUT2D eigenvalue weighted by atomic mass is 10.1. The van der Waals surface area contributed by atoms with Crippen LogP contribution in [0.15, 0.2) is 41.0 Å². The number of fused-ring (bicyclic) bond motifs is 6. The first kappa shape index (κ1) is 16.2. The molecule has 26 heavy (non-hydrogen) atoms. The van der Waals surface area contributed by atoms with E-state index < -0.39 is 0 Å². The van der Waals surface area contributed by atoms with E-state index in [0.717, 1.165) is 51.5 Å². The first-order chi connectivity index (χ1) is 12.6. The molecule has 0 fully saturated rings. The summed E-state index contributed by atoms with van der Waals surface area (Å²) in [5, 5.41) is 1.95. The lowest BCUT2D eigenvalue weighted by Gasteiger charge is -2.36. The third kappa shape index (κ3) is 2.44. The molecule has 4 nitrogen and oxygen atoms in total. The van der Waals surface area contributed by atoms with Crippen molar-refractivity contribution in [3.05, 3.63) is 57.9 Å². The molecule has 0 saturated carbocycles. The lowest BCUT2D eigenvalue weighted by molar-refractivity contribution is 0.283. The number of ether oxygens (including phenoxy) is 2. The van der Waals surface area contributed by atoms with Gasteiger partial charge in [0, 0.05) is 38.6 Å². The molecule has 0 spiro atoms. The van der Waals surface area contributed by atoms with Gasteiger partial charge in [0.15, 0.2) is 5.60 Å². The SMILES string of the molecule is COc1ccc2c3c(cnc2c1)COC1=Pc2cc(Br)cc(F)c2CN13. The fraction of sp³-hybridized carbons (Fsp3) is 0.158. The van der Waals surface area contributed by atoms with E-state index in [1.54, 1.807) is 7.11 Å². The fourth-order valence-corrected chi connectivity index (χ4v) is 5.16. The Morgan fingerprint density at radius 1 is 1.31 bits per heavy atom. The molecule has 2 aliphatic heterocycles. The maximum Gasteiger partial charge on any atom is 0.176 e. The van der Waals surface area contributed by atoms with Crippen molar-refractivity contribution in [2.75, 3.05) is 12.0 Å². The molecule has 3 heterocycles. The zero-order valence-corrected chi connectivity index (χ0v) is 16.3. The summed E-state index contributed by atoms with van der Waals surface area (Å²) in [6.07, 6.45) is 1.83. The Labute approximate surface area is 159 Å². The van der Waals surface area contributed by atoms with Crippen molar-refractivity contribution in [1.82, 2.24) is 4.98 Å². The standard InChI is InChI=1S/C19H13BrFN2O2P/c1-24-12-2-3-13-16(6-12)22-7-10-9-25-19-23(18(10)13)8-14-15(21)4-11(20)5-17(14)26-19/h2-7H,8-9H2,1H3. The molecular weight excluding hydrogens is 418 g/mol. The highest BCUT2D eigenvalue weighted by Gasteiger charge is 2.30. The minimum absolute atomic E-state index is 0.201. The van der Waals surface area contributed by atoms with Crippen LogP contribution in [-0.2, 0) is 17.9 Å². The van der Waals surface area contributed by atoms with Gasteiger partial charge < -0.3 is 14.4 Å². The zero-order chi connectivity index (χ0) is 17.8. The Morgan fingerprint density at radius 3 is 3.04 bits per heavy atom. The van der Waals surface area contributed by atoms with E-state index >= 15 is 0 Å². The maximum atomic E-state index is 14.5. The third-order valence-corrected chi connectivity index (χ3v) is 6.31. The predicted octanol–water partition coefficient (Wildman–Crippen LogP) is 4.35. The van der Waals surface area contributed by atoms with E-state index in [-0.39, 0.29) is 5.82 Å². The van der Waals surface area contributed by atoms with E-state index in [4.69, 9.17) is 9.47 Å². The van der Waals surface area contributed by atoms with Gasteiger partial charge in [-0.2, -0.15) is 0 Å². The first-order valence-electron chi connectivity index (χ1n) is 8.06. The predicted molar refractivity (Wildman–Crippen MR) is 105 cm³/mol. The number of benzene rings is 2. The number of pyridine rings is 1. The summed E-state index contributed by atoms with van der Waals surface area (Å²) in [4.78, 5) is 6.60. The van der Waals surface area contributed by atoms with Crippen LogP contribution in [0.1, 0.15) is 11.1 Å². The van der Waals surface area contributed by atoms with Gasteiger partial charge in [-0.05, 0) is 32.5 Å². The number of anilines is 1. The molecule has 7 heteroatoms. The maximum absolute atomic E-state index is 14.5. The smallest absolute Gasteiger partial charge is 0.176 e. The Balaban J connectivity index is 1.71. The fourth-order valence-electron chi connectivity index (χ4n) is 3.41. The highest BCUT2D eigenvalue weighted by atomic mass is 79.9. The second-order valence-corrected chi connectivity index (χ2v) is 8.17. The molecule has 0 atom stereocenters. The van der Waals surface area contributed by atoms with Crippen LogP contribution in [0, 0.1) is 5.82 Å². The molecular formula is C19H13BrFN2O2P. The topological polar surface area (TPSA) is 34.6 Å². The molecule has 0 N–H and O–H groups in total. The van der Waals surface area contributed by atoms with E-state index in [9.17, 15) is 4.39 Å². The average molecular weight is 431 g/mol. The Morgan fingerprint density at radius 2 is 2.19 bits per heavy atom. The average Bonchev–Trinajstić information content (AvgIpc) is 2.65. The van der Waals surface area contributed by atoms with E-state index in [1.165, 1.54) is 6.07 Å². The van der Waals surface area contributed by atoms with Crippen LogP contribution in [0.4, 0.5) is 10.1 Å².